The molecule has 0 aliphatic heterocycles. The number of hydrogen-bond acceptors (Lipinski definition) is 3. The second kappa shape index (κ2) is 6.63. The smallest absolute Gasteiger partial charge is 0.123 e. The van der Waals surface area contributed by atoms with E-state index in [0.29, 0.717) is 6.04 Å². The molecule has 0 amide bonds. The van der Waals surface area contributed by atoms with Crippen molar-refractivity contribution in [3.63, 3.8) is 0 Å². The summed E-state index contributed by atoms with van der Waals surface area (Å²) in [5, 5.41) is 3.69. The molecule has 0 aliphatic rings. The topological polar surface area (TPSA) is 21.3 Å². The summed E-state index contributed by atoms with van der Waals surface area (Å²) in [6.45, 7) is 10.9. The van der Waals surface area contributed by atoms with Gasteiger partial charge in [-0.25, -0.2) is 0 Å². The van der Waals surface area contributed by atoms with E-state index in [0.717, 1.165) is 5.75 Å². The zero-order valence-corrected chi connectivity index (χ0v) is 14.6. The molecule has 0 spiro atoms. The van der Waals surface area contributed by atoms with E-state index >= 15 is 0 Å². The Bertz CT molecular complexity index is 618. The molecule has 0 radical (unpaired) electrons. The lowest BCUT2D eigenvalue weighted by atomic mass is 10.0. The van der Waals surface area contributed by atoms with Crippen LogP contribution in [0, 0.1) is 20.8 Å². The Morgan fingerprint density at radius 1 is 1.00 bits per heavy atom. The third-order valence-corrected chi connectivity index (χ3v) is 4.88. The summed E-state index contributed by atoms with van der Waals surface area (Å²) in [5.41, 5.74) is 3.83. The second-order valence-electron chi connectivity index (χ2n) is 5.72. The van der Waals surface area contributed by atoms with Crippen LogP contribution in [0.3, 0.4) is 0 Å². The van der Waals surface area contributed by atoms with E-state index in [1.54, 1.807) is 7.11 Å². The standard InChI is InChI=1S/C18H25NOS/c1-11-7-8-16(18(9-11)20-6)13(3)19-14(4)17-10-12(2)21-15(17)5/h7-10,13-14,19H,1-6H3. The van der Waals surface area contributed by atoms with Gasteiger partial charge in [0.2, 0.25) is 0 Å². The van der Waals surface area contributed by atoms with Gasteiger partial charge < -0.3 is 10.1 Å². The van der Waals surface area contributed by atoms with E-state index in [9.17, 15) is 0 Å². The maximum atomic E-state index is 5.52. The molecule has 2 unspecified atom stereocenters. The minimum atomic E-state index is 0.246. The molecule has 21 heavy (non-hydrogen) atoms. The first-order chi connectivity index (χ1) is 9.92. The normalized spacial score (nSPS) is 14.0. The van der Waals surface area contributed by atoms with Crippen LogP contribution in [0.25, 0.3) is 0 Å². The molecule has 2 atom stereocenters. The summed E-state index contributed by atoms with van der Waals surface area (Å²) >= 11 is 1.87. The van der Waals surface area contributed by atoms with Gasteiger partial charge in [-0.1, -0.05) is 12.1 Å². The lowest BCUT2D eigenvalue weighted by Gasteiger charge is -2.22. The van der Waals surface area contributed by atoms with Crippen LogP contribution in [-0.4, -0.2) is 7.11 Å². The van der Waals surface area contributed by atoms with Gasteiger partial charge in [-0.3, -0.25) is 0 Å². The third-order valence-electron chi connectivity index (χ3n) is 3.90. The van der Waals surface area contributed by atoms with E-state index < -0.39 is 0 Å². The van der Waals surface area contributed by atoms with Crippen molar-refractivity contribution in [3.8, 4) is 5.75 Å². The molecule has 3 heteroatoms. The van der Waals surface area contributed by atoms with Gasteiger partial charge in [-0.2, -0.15) is 0 Å². The fourth-order valence-electron chi connectivity index (χ4n) is 2.81. The number of hydrogen-bond donors (Lipinski definition) is 1. The summed E-state index contributed by atoms with van der Waals surface area (Å²) < 4.78 is 5.52. The van der Waals surface area contributed by atoms with E-state index in [2.05, 4.69) is 64.2 Å². The average molecular weight is 303 g/mol. The third kappa shape index (κ3) is 3.66. The second-order valence-corrected chi connectivity index (χ2v) is 7.18. The number of nitrogens with one attached hydrogen (secondary N) is 1. The Morgan fingerprint density at radius 2 is 1.67 bits per heavy atom. The van der Waals surface area contributed by atoms with Crippen molar-refractivity contribution in [3.05, 3.63) is 50.7 Å². The van der Waals surface area contributed by atoms with Gasteiger partial charge in [0.05, 0.1) is 7.11 Å². The Labute approximate surface area is 132 Å². The van der Waals surface area contributed by atoms with E-state index in [1.165, 1.54) is 26.4 Å². The first kappa shape index (κ1) is 16.1. The van der Waals surface area contributed by atoms with Crippen molar-refractivity contribution in [2.24, 2.45) is 0 Å². The van der Waals surface area contributed by atoms with Crippen molar-refractivity contribution in [1.29, 1.82) is 0 Å². The lowest BCUT2D eigenvalue weighted by Crippen LogP contribution is -2.23. The van der Waals surface area contributed by atoms with Gasteiger partial charge in [-0.15, -0.1) is 11.3 Å². The molecule has 0 fully saturated rings. The Kier molecular flexibility index (Phi) is 5.07. The highest BCUT2D eigenvalue weighted by atomic mass is 32.1. The zero-order chi connectivity index (χ0) is 15.6. The number of methoxy groups -OCH3 is 1. The van der Waals surface area contributed by atoms with Gasteiger partial charge in [0.1, 0.15) is 5.75 Å². The van der Waals surface area contributed by atoms with Crippen molar-refractivity contribution >= 4 is 11.3 Å². The Balaban J connectivity index is 2.18. The first-order valence-corrected chi connectivity index (χ1v) is 8.21. The average Bonchev–Trinajstić information content (AvgIpc) is 2.77. The van der Waals surface area contributed by atoms with Gasteiger partial charge in [-0.05, 0) is 57.9 Å². The van der Waals surface area contributed by atoms with E-state index in [1.807, 2.05) is 11.3 Å². The van der Waals surface area contributed by atoms with Crippen molar-refractivity contribution in [2.75, 3.05) is 7.11 Å². The Hall–Kier alpha value is -1.32. The number of benzene rings is 1. The summed E-state index contributed by atoms with van der Waals surface area (Å²) in [7, 11) is 1.74. The molecule has 0 saturated heterocycles. The molecule has 2 nitrogen and oxygen atoms in total. The molecule has 2 aromatic rings. The molecule has 114 valence electrons. The van der Waals surface area contributed by atoms with Gasteiger partial charge in [0.15, 0.2) is 0 Å². The summed E-state index contributed by atoms with van der Waals surface area (Å²) in [5.74, 6) is 0.959. The highest BCUT2D eigenvalue weighted by Crippen LogP contribution is 2.31. The van der Waals surface area contributed by atoms with Crippen LogP contribution in [0.15, 0.2) is 24.3 Å². The highest BCUT2D eigenvalue weighted by Gasteiger charge is 2.17. The molecule has 0 aliphatic carbocycles. The Morgan fingerprint density at radius 3 is 2.24 bits per heavy atom. The number of rotatable bonds is 5. The van der Waals surface area contributed by atoms with Crippen LogP contribution >= 0.6 is 11.3 Å². The molecular formula is C18H25NOS. The molecule has 1 aromatic carbocycles. The maximum absolute atomic E-state index is 5.52. The number of aryl methyl sites for hydroxylation is 3. The molecule has 2 rings (SSSR count). The first-order valence-electron chi connectivity index (χ1n) is 7.40. The maximum Gasteiger partial charge on any atom is 0.123 e. The molecule has 1 aromatic heterocycles. The van der Waals surface area contributed by atoms with Gasteiger partial charge in [0, 0.05) is 27.4 Å². The lowest BCUT2D eigenvalue weighted by molar-refractivity contribution is 0.396. The summed E-state index contributed by atoms with van der Waals surface area (Å²) in [4.78, 5) is 2.77. The SMILES string of the molecule is COc1cc(C)ccc1C(C)NC(C)c1cc(C)sc1C. The molecule has 0 saturated carbocycles. The quantitative estimate of drug-likeness (QED) is 0.830. The molecule has 0 bridgehead atoms. The van der Waals surface area contributed by atoms with Crippen molar-refractivity contribution in [1.82, 2.24) is 5.32 Å². The van der Waals surface area contributed by atoms with Crippen LogP contribution in [0.2, 0.25) is 0 Å². The van der Waals surface area contributed by atoms with Crippen LogP contribution in [0.4, 0.5) is 0 Å². The summed E-state index contributed by atoms with van der Waals surface area (Å²) in [6, 6.07) is 9.26. The van der Waals surface area contributed by atoms with E-state index in [4.69, 9.17) is 4.74 Å². The van der Waals surface area contributed by atoms with E-state index in [-0.39, 0.29) is 6.04 Å². The predicted molar refractivity (Wildman–Crippen MR) is 91.5 cm³/mol. The monoisotopic (exact) mass is 303 g/mol. The number of ether oxygens (including phenoxy) is 1. The number of thiophene rings is 1. The molecule has 1 N–H and O–H groups in total. The minimum absolute atomic E-state index is 0.246. The van der Waals surface area contributed by atoms with Gasteiger partial charge >= 0.3 is 0 Å². The summed E-state index contributed by atoms with van der Waals surface area (Å²) in [6.07, 6.45) is 0. The zero-order valence-electron chi connectivity index (χ0n) is 13.8. The fourth-order valence-corrected chi connectivity index (χ4v) is 3.83. The molecule has 1 heterocycles. The largest absolute Gasteiger partial charge is 0.496 e. The van der Waals surface area contributed by atoms with Crippen LogP contribution < -0.4 is 10.1 Å². The van der Waals surface area contributed by atoms with Gasteiger partial charge in [0.25, 0.3) is 0 Å². The van der Waals surface area contributed by atoms with Crippen LogP contribution in [0.1, 0.15) is 52.4 Å². The van der Waals surface area contributed by atoms with Crippen LogP contribution in [0.5, 0.6) is 5.75 Å². The fraction of sp³-hybridized carbons (Fsp3) is 0.444. The van der Waals surface area contributed by atoms with Crippen molar-refractivity contribution in [2.45, 2.75) is 46.7 Å². The van der Waals surface area contributed by atoms with Crippen molar-refractivity contribution < 1.29 is 4.74 Å². The molecular weight excluding hydrogens is 278 g/mol. The van der Waals surface area contributed by atoms with Crippen LogP contribution in [-0.2, 0) is 0 Å². The highest BCUT2D eigenvalue weighted by molar-refractivity contribution is 7.12. The minimum Gasteiger partial charge on any atom is -0.496 e. The predicted octanol–water partition coefficient (Wildman–Crippen LogP) is 5.09.